The molecule has 3 nitrogen and oxygen atoms in total. The van der Waals surface area contributed by atoms with Crippen LogP contribution in [-0.2, 0) is 6.54 Å². The molecule has 4 heteroatoms. The minimum atomic E-state index is 0.747. The summed E-state index contributed by atoms with van der Waals surface area (Å²) in [5.74, 6) is 0.830. The van der Waals surface area contributed by atoms with Gasteiger partial charge >= 0.3 is 0 Å². The van der Waals surface area contributed by atoms with Crippen LogP contribution < -0.4 is 5.32 Å². The standard InChI is InChI=1S/C14H16BrN3/c1-4-6-18-7-5-16-14(18)17-12-8-10(2)13(15)11(3)9-12/h4-5,7-9H,1,6H2,2-3H3,(H,16,17). The van der Waals surface area contributed by atoms with E-state index in [2.05, 4.69) is 58.8 Å². The monoisotopic (exact) mass is 305 g/mol. The van der Waals surface area contributed by atoms with E-state index >= 15 is 0 Å². The summed E-state index contributed by atoms with van der Waals surface area (Å²) in [7, 11) is 0. The number of aromatic nitrogens is 2. The molecule has 0 saturated heterocycles. The van der Waals surface area contributed by atoms with Gasteiger partial charge in [0.1, 0.15) is 0 Å². The molecule has 1 heterocycles. The van der Waals surface area contributed by atoms with Gasteiger partial charge in [0.15, 0.2) is 0 Å². The molecule has 18 heavy (non-hydrogen) atoms. The van der Waals surface area contributed by atoms with E-state index in [9.17, 15) is 0 Å². The number of aryl methyl sites for hydroxylation is 2. The fourth-order valence-electron chi connectivity index (χ4n) is 1.87. The third-order valence-corrected chi connectivity index (χ3v) is 3.98. The van der Waals surface area contributed by atoms with Crippen molar-refractivity contribution in [2.75, 3.05) is 5.32 Å². The lowest BCUT2D eigenvalue weighted by Gasteiger charge is -2.11. The van der Waals surface area contributed by atoms with Gasteiger partial charge in [-0.05, 0) is 37.1 Å². The summed E-state index contributed by atoms with van der Waals surface area (Å²) in [5, 5.41) is 3.33. The van der Waals surface area contributed by atoms with Crippen LogP contribution in [0.25, 0.3) is 0 Å². The van der Waals surface area contributed by atoms with Crippen molar-refractivity contribution >= 4 is 27.6 Å². The molecular weight excluding hydrogens is 290 g/mol. The maximum atomic E-state index is 4.30. The molecule has 0 bridgehead atoms. The van der Waals surface area contributed by atoms with Crippen molar-refractivity contribution in [2.24, 2.45) is 0 Å². The van der Waals surface area contributed by atoms with Gasteiger partial charge in [-0.3, -0.25) is 0 Å². The summed E-state index contributed by atoms with van der Waals surface area (Å²) in [6.45, 7) is 8.65. The zero-order valence-corrected chi connectivity index (χ0v) is 12.2. The fourth-order valence-corrected chi connectivity index (χ4v) is 2.10. The Balaban J connectivity index is 2.28. The van der Waals surface area contributed by atoms with E-state index in [1.165, 1.54) is 11.1 Å². The average Bonchev–Trinajstić information content (AvgIpc) is 2.74. The normalized spacial score (nSPS) is 10.4. The highest BCUT2D eigenvalue weighted by atomic mass is 79.9. The molecule has 0 radical (unpaired) electrons. The number of hydrogen-bond donors (Lipinski definition) is 1. The Morgan fingerprint density at radius 2 is 2.06 bits per heavy atom. The second-order valence-electron chi connectivity index (χ2n) is 4.24. The SMILES string of the molecule is C=CCn1ccnc1Nc1cc(C)c(Br)c(C)c1. The van der Waals surface area contributed by atoms with Crippen LogP contribution in [0.1, 0.15) is 11.1 Å². The third kappa shape index (κ3) is 2.64. The Bertz CT molecular complexity index is 549. The van der Waals surface area contributed by atoms with Gasteiger partial charge in [0.05, 0.1) is 0 Å². The number of nitrogens with zero attached hydrogens (tertiary/aromatic N) is 2. The lowest BCUT2D eigenvalue weighted by atomic mass is 10.1. The lowest BCUT2D eigenvalue weighted by molar-refractivity contribution is 0.833. The number of anilines is 2. The number of hydrogen-bond acceptors (Lipinski definition) is 2. The van der Waals surface area contributed by atoms with Crippen molar-refractivity contribution in [2.45, 2.75) is 20.4 Å². The smallest absolute Gasteiger partial charge is 0.207 e. The zero-order chi connectivity index (χ0) is 13.1. The highest BCUT2D eigenvalue weighted by Crippen LogP contribution is 2.26. The largest absolute Gasteiger partial charge is 0.326 e. The predicted molar refractivity (Wildman–Crippen MR) is 79.3 cm³/mol. The van der Waals surface area contributed by atoms with Crippen LogP contribution in [0.5, 0.6) is 0 Å². The summed E-state index contributed by atoms with van der Waals surface area (Å²) in [5.41, 5.74) is 3.46. The molecule has 0 spiro atoms. The first-order valence-corrected chi connectivity index (χ1v) is 6.57. The summed E-state index contributed by atoms with van der Waals surface area (Å²) in [6, 6.07) is 4.20. The molecule has 2 aromatic rings. The maximum Gasteiger partial charge on any atom is 0.207 e. The number of benzene rings is 1. The van der Waals surface area contributed by atoms with Crippen molar-refractivity contribution in [1.82, 2.24) is 9.55 Å². The molecule has 0 amide bonds. The summed E-state index contributed by atoms with van der Waals surface area (Å²) >= 11 is 3.57. The molecule has 0 aliphatic heterocycles. The van der Waals surface area contributed by atoms with E-state index in [1.54, 1.807) is 6.20 Å². The number of rotatable bonds is 4. The van der Waals surface area contributed by atoms with Crippen molar-refractivity contribution in [3.05, 3.63) is 52.8 Å². The van der Waals surface area contributed by atoms with E-state index in [0.717, 1.165) is 22.7 Å². The van der Waals surface area contributed by atoms with Gasteiger partial charge < -0.3 is 9.88 Å². The highest BCUT2D eigenvalue weighted by Gasteiger charge is 2.05. The van der Waals surface area contributed by atoms with Crippen LogP contribution in [0.4, 0.5) is 11.6 Å². The lowest BCUT2D eigenvalue weighted by Crippen LogP contribution is -2.02. The minimum Gasteiger partial charge on any atom is -0.326 e. The first kappa shape index (κ1) is 12.9. The number of nitrogens with one attached hydrogen (secondary N) is 1. The van der Waals surface area contributed by atoms with Crippen LogP contribution >= 0.6 is 15.9 Å². The van der Waals surface area contributed by atoms with Crippen molar-refractivity contribution in [3.63, 3.8) is 0 Å². The molecule has 1 N–H and O–H groups in total. The Morgan fingerprint density at radius 3 is 2.67 bits per heavy atom. The Kier molecular flexibility index (Phi) is 3.87. The molecule has 94 valence electrons. The second-order valence-corrected chi connectivity index (χ2v) is 5.03. The predicted octanol–water partition coefficient (Wildman–Crippen LogP) is 4.19. The van der Waals surface area contributed by atoms with Crippen LogP contribution in [0, 0.1) is 13.8 Å². The van der Waals surface area contributed by atoms with E-state index in [1.807, 2.05) is 16.8 Å². The van der Waals surface area contributed by atoms with E-state index in [0.29, 0.717) is 0 Å². The third-order valence-electron chi connectivity index (χ3n) is 2.73. The van der Waals surface area contributed by atoms with Crippen LogP contribution in [-0.4, -0.2) is 9.55 Å². The van der Waals surface area contributed by atoms with Gasteiger partial charge in [-0.1, -0.05) is 22.0 Å². The van der Waals surface area contributed by atoms with Gasteiger partial charge in [-0.2, -0.15) is 0 Å². The molecule has 0 fully saturated rings. The first-order valence-electron chi connectivity index (χ1n) is 5.77. The number of allylic oxidation sites excluding steroid dienone is 1. The summed E-state index contributed by atoms with van der Waals surface area (Å²) in [6.07, 6.45) is 5.57. The quantitative estimate of drug-likeness (QED) is 0.858. The molecule has 0 atom stereocenters. The average molecular weight is 306 g/mol. The van der Waals surface area contributed by atoms with Gasteiger partial charge in [-0.15, -0.1) is 6.58 Å². The van der Waals surface area contributed by atoms with Crippen LogP contribution in [0.2, 0.25) is 0 Å². The molecular formula is C14H16BrN3. The topological polar surface area (TPSA) is 29.9 Å². The van der Waals surface area contributed by atoms with Crippen LogP contribution in [0.3, 0.4) is 0 Å². The van der Waals surface area contributed by atoms with Crippen molar-refractivity contribution < 1.29 is 0 Å². The van der Waals surface area contributed by atoms with E-state index < -0.39 is 0 Å². The Labute approximate surface area is 116 Å². The molecule has 0 aliphatic carbocycles. The van der Waals surface area contributed by atoms with Crippen LogP contribution in [0.15, 0.2) is 41.7 Å². The highest BCUT2D eigenvalue weighted by molar-refractivity contribution is 9.10. The maximum absolute atomic E-state index is 4.30. The van der Waals surface area contributed by atoms with Gasteiger partial charge in [0.2, 0.25) is 5.95 Å². The van der Waals surface area contributed by atoms with Gasteiger partial charge in [0, 0.05) is 29.1 Å². The molecule has 0 aliphatic rings. The van der Waals surface area contributed by atoms with Gasteiger partial charge in [-0.25, -0.2) is 4.98 Å². The molecule has 0 saturated carbocycles. The van der Waals surface area contributed by atoms with E-state index in [-0.39, 0.29) is 0 Å². The Hall–Kier alpha value is -1.55. The molecule has 2 rings (SSSR count). The molecule has 1 aromatic heterocycles. The number of imidazole rings is 1. The Morgan fingerprint density at radius 1 is 1.39 bits per heavy atom. The van der Waals surface area contributed by atoms with Crippen molar-refractivity contribution in [1.29, 1.82) is 0 Å². The molecule has 0 unspecified atom stereocenters. The minimum absolute atomic E-state index is 0.747. The van der Waals surface area contributed by atoms with Crippen molar-refractivity contribution in [3.8, 4) is 0 Å². The second kappa shape index (κ2) is 5.40. The van der Waals surface area contributed by atoms with E-state index in [4.69, 9.17) is 0 Å². The fraction of sp³-hybridized carbons (Fsp3) is 0.214. The first-order chi connectivity index (χ1) is 8.61. The summed E-state index contributed by atoms with van der Waals surface area (Å²) in [4.78, 5) is 4.30. The zero-order valence-electron chi connectivity index (χ0n) is 10.6. The number of halogens is 1. The van der Waals surface area contributed by atoms with Gasteiger partial charge in [0.25, 0.3) is 0 Å². The molecule has 1 aromatic carbocycles. The summed E-state index contributed by atoms with van der Waals surface area (Å²) < 4.78 is 3.17.